The van der Waals surface area contributed by atoms with E-state index in [0.29, 0.717) is 16.6 Å². The number of nitrogens with two attached hydrogens (primary N) is 1. The molecular weight excluding hydrogens is 356 g/mol. The van der Waals surface area contributed by atoms with Crippen LogP contribution in [0.4, 0.5) is 11.6 Å². The van der Waals surface area contributed by atoms with Crippen molar-refractivity contribution in [3.05, 3.63) is 63.8 Å². The summed E-state index contributed by atoms with van der Waals surface area (Å²) in [5.41, 5.74) is 8.18. The van der Waals surface area contributed by atoms with Crippen molar-refractivity contribution in [1.82, 2.24) is 9.97 Å². The molecule has 0 bridgehead atoms. The predicted molar refractivity (Wildman–Crippen MR) is 107 cm³/mol. The Morgan fingerprint density at radius 2 is 1.89 bits per heavy atom. The van der Waals surface area contributed by atoms with E-state index in [9.17, 15) is 10.1 Å². The molecule has 0 amide bonds. The van der Waals surface area contributed by atoms with Crippen LogP contribution in [0.15, 0.2) is 42.5 Å². The van der Waals surface area contributed by atoms with Crippen molar-refractivity contribution in [2.45, 2.75) is 44.6 Å². The number of hydrogen-bond acceptors (Lipinski definition) is 6. The van der Waals surface area contributed by atoms with Crippen molar-refractivity contribution in [2.75, 3.05) is 5.73 Å². The molecule has 1 aliphatic rings. The molecule has 1 saturated carbocycles. The summed E-state index contributed by atoms with van der Waals surface area (Å²) in [6.45, 7) is 2.01. The summed E-state index contributed by atoms with van der Waals surface area (Å²) in [6, 6.07) is 13.0. The summed E-state index contributed by atoms with van der Waals surface area (Å²) >= 11 is 0. The first-order chi connectivity index (χ1) is 13.5. The van der Waals surface area contributed by atoms with Crippen LogP contribution in [0, 0.1) is 10.1 Å². The van der Waals surface area contributed by atoms with Crippen LogP contribution in [-0.4, -0.2) is 21.0 Å². The molecule has 0 spiro atoms. The van der Waals surface area contributed by atoms with Gasteiger partial charge in [-0.2, -0.15) is 0 Å². The van der Waals surface area contributed by atoms with Crippen LogP contribution < -0.4 is 10.5 Å². The lowest BCUT2D eigenvalue weighted by Gasteiger charge is -2.17. The molecule has 0 unspecified atom stereocenters. The van der Waals surface area contributed by atoms with Gasteiger partial charge in [0.2, 0.25) is 5.95 Å². The van der Waals surface area contributed by atoms with Crippen molar-refractivity contribution in [2.24, 2.45) is 0 Å². The number of hydrogen-bond donors (Lipinski definition) is 1. The van der Waals surface area contributed by atoms with E-state index in [1.165, 1.54) is 6.07 Å². The van der Waals surface area contributed by atoms with Crippen molar-refractivity contribution < 1.29 is 9.66 Å². The van der Waals surface area contributed by atoms with Crippen molar-refractivity contribution >= 4 is 22.5 Å². The van der Waals surface area contributed by atoms with E-state index in [-0.39, 0.29) is 29.4 Å². The summed E-state index contributed by atoms with van der Waals surface area (Å²) in [6.07, 6.45) is 4.01. The summed E-state index contributed by atoms with van der Waals surface area (Å²) in [4.78, 5) is 20.0. The van der Waals surface area contributed by atoms with Gasteiger partial charge in [-0.15, -0.1) is 0 Å². The number of nitro benzene ring substituents is 1. The van der Waals surface area contributed by atoms with Gasteiger partial charge in [0.05, 0.1) is 22.2 Å². The molecule has 1 fully saturated rings. The molecular formula is C21H22N4O3. The molecule has 144 valence electrons. The number of fused-ring (bicyclic) bond motifs is 1. The lowest BCUT2D eigenvalue weighted by atomic mass is 9.94. The van der Waals surface area contributed by atoms with Crippen LogP contribution in [0.5, 0.6) is 5.75 Å². The number of nitrogen functional groups attached to an aromatic ring is 1. The third kappa shape index (κ3) is 3.47. The quantitative estimate of drug-likeness (QED) is 0.514. The van der Waals surface area contributed by atoms with Crippen LogP contribution in [0.25, 0.3) is 10.9 Å². The summed E-state index contributed by atoms with van der Waals surface area (Å²) in [5.74, 6) is 0.307. The molecule has 3 aromatic rings. The fourth-order valence-electron chi connectivity index (χ4n) is 3.84. The Balaban J connectivity index is 1.85. The van der Waals surface area contributed by atoms with Crippen molar-refractivity contribution in [3.63, 3.8) is 0 Å². The van der Waals surface area contributed by atoms with Crippen LogP contribution >= 0.6 is 0 Å². The van der Waals surface area contributed by atoms with Gasteiger partial charge in [0.25, 0.3) is 0 Å². The zero-order chi connectivity index (χ0) is 19.7. The van der Waals surface area contributed by atoms with E-state index in [4.69, 9.17) is 10.5 Å². The average Bonchev–Trinajstić information content (AvgIpc) is 3.19. The Morgan fingerprint density at radius 3 is 2.57 bits per heavy atom. The Kier molecular flexibility index (Phi) is 4.81. The fourth-order valence-corrected chi connectivity index (χ4v) is 3.84. The van der Waals surface area contributed by atoms with Gasteiger partial charge in [-0.25, -0.2) is 9.97 Å². The normalized spacial score (nSPS) is 15.6. The Morgan fingerprint density at radius 1 is 1.18 bits per heavy atom. The van der Waals surface area contributed by atoms with Crippen molar-refractivity contribution in [1.29, 1.82) is 0 Å². The molecule has 2 N–H and O–H groups in total. The van der Waals surface area contributed by atoms with Gasteiger partial charge < -0.3 is 10.5 Å². The second-order valence-corrected chi connectivity index (χ2v) is 7.22. The van der Waals surface area contributed by atoms with Gasteiger partial charge in [0.15, 0.2) is 5.75 Å². The topological polar surface area (TPSA) is 104 Å². The zero-order valence-electron chi connectivity index (χ0n) is 15.7. The largest absolute Gasteiger partial charge is 0.483 e. The lowest BCUT2D eigenvalue weighted by Crippen LogP contribution is -2.12. The van der Waals surface area contributed by atoms with Gasteiger partial charge in [-0.05, 0) is 31.2 Å². The van der Waals surface area contributed by atoms with Crippen molar-refractivity contribution in [3.8, 4) is 5.75 Å². The molecule has 4 rings (SSSR count). The Labute approximate surface area is 162 Å². The first kappa shape index (κ1) is 18.2. The van der Waals surface area contributed by atoms with Gasteiger partial charge in [-0.3, -0.25) is 10.1 Å². The molecule has 7 nitrogen and oxygen atoms in total. The maximum atomic E-state index is 11.7. The molecule has 1 aromatic heterocycles. The number of benzene rings is 2. The standard InChI is InChI=1S/C21H22N4O3/c1-13(14-7-3-2-4-8-14)20-16-11-18(25(26)27)19(28-15-9-5-6-10-15)12-17(16)23-21(22)24-20/h2-4,7-8,11-13,15H,5-6,9-10H2,1H3,(H2,22,23,24)/t13-/m1/s1. The number of anilines is 1. The Hall–Kier alpha value is -3.22. The minimum atomic E-state index is -0.406. The number of nitro groups is 1. The second-order valence-electron chi connectivity index (χ2n) is 7.22. The minimum Gasteiger partial charge on any atom is -0.483 e. The molecule has 0 radical (unpaired) electrons. The van der Waals surface area contributed by atoms with E-state index in [1.807, 2.05) is 37.3 Å². The van der Waals surface area contributed by atoms with Gasteiger partial charge in [-0.1, -0.05) is 37.3 Å². The maximum Gasteiger partial charge on any atom is 0.311 e. The molecule has 0 saturated heterocycles. The van der Waals surface area contributed by atoms with E-state index < -0.39 is 4.92 Å². The second kappa shape index (κ2) is 7.42. The van der Waals surface area contributed by atoms with Crippen LogP contribution in [0.2, 0.25) is 0 Å². The number of ether oxygens (including phenoxy) is 1. The molecule has 7 heteroatoms. The Bertz CT molecular complexity index is 1020. The van der Waals surface area contributed by atoms with Crippen LogP contribution in [0.3, 0.4) is 0 Å². The zero-order valence-corrected chi connectivity index (χ0v) is 15.7. The number of rotatable bonds is 5. The molecule has 1 atom stereocenters. The summed E-state index contributed by atoms with van der Waals surface area (Å²) in [7, 11) is 0. The van der Waals surface area contributed by atoms with E-state index in [0.717, 1.165) is 31.2 Å². The van der Waals surface area contributed by atoms with Gasteiger partial charge in [0.1, 0.15) is 0 Å². The minimum absolute atomic E-state index is 0.0121. The molecule has 0 aliphatic heterocycles. The smallest absolute Gasteiger partial charge is 0.311 e. The van der Waals surface area contributed by atoms with E-state index >= 15 is 0 Å². The predicted octanol–water partition coefficient (Wildman–Crippen LogP) is 4.59. The highest BCUT2D eigenvalue weighted by atomic mass is 16.6. The van der Waals surface area contributed by atoms with E-state index in [2.05, 4.69) is 9.97 Å². The third-order valence-corrected chi connectivity index (χ3v) is 5.33. The number of nitrogens with zero attached hydrogens (tertiary/aromatic N) is 3. The highest BCUT2D eigenvalue weighted by Gasteiger charge is 2.25. The highest BCUT2D eigenvalue weighted by molar-refractivity contribution is 5.87. The van der Waals surface area contributed by atoms with Crippen LogP contribution in [-0.2, 0) is 0 Å². The number of aromatic nitrogens is 2. The molecule has 28 heavy (non-hydrogen) atoms. The molecule has 1 heterocycles. The van der Waals surface area contributed by atoms with Crippen LogP contribution in [0.1, 0.15) is 49.8 Å². The lowest BCUT2D eigenvalue weighted by molar-refractivity contribution is -0.385. The molecule has 2 aromatic carbocycles. The van der Waals surface area contributed by atoms with Gasteiger partial charge in [0, 0.05) is 23.4 Å². The highest BCUT2D eigenvalue weighted by Crippen LogP contribution is 2.38. The fraction of sp³-hybridized carbons (Fsp3) is 0.333. The monoisotopic (exact) mass is 378 g/mol. The summed E-state index contributed by atoms with van der Waals surface area (Å²) < 4.78 is 5.96. The maximum absolute atomic E-state index is 11.7. The van der Waals surface area contributed by atoms with Gasteiger partial charge >= 0.3 is 5.69 Å². The average molecular weight is 378 g/mol. The third-order valence-electron chi connectivity index (χ3n) is 5.33. The first-order valence-electron chi connectivity index (χ1n) is 9.50. The molecule has 1 aliphatic carbocycles. The first-order valence-corrected chi connectivity index (χ1v) is 9.50. The SMILES string of the molecule is C[C@H](c1ccccc1)c1nc(N)nc2cc(OC3CCCC3)c([N+](=O)[O-])cc12. The van der Waals surface area contributed by atoms with E-state index in [1.54, 1.807) is 6.07 Å². The summed E-state index contributed by atoms with van der Waals surface area (Å²) in [5, 5.41) is 12.3.